The number of carbonyl (C=O) groups excluding carboxylic acids is 1. The van der Waals surface area contributed by atoms with Gasteiger partial charge in [0.25, 0.3) is 0 Å². The van der Waals surface area contributed by atoms with Crippen LogP contribution >= 0.6 is 11.6 Å². The number of nitrogens with one attached hydrogen (secondary N) is 2. The molecule has 0 aliphatic carbocycles. The summed E-state index contributed by atoms with van der Waals surface area (Å²) in [7, 11) is -3.79. The average Bonchev–Trinajstić information content (AvgIpc) is 3.04. The molecular weight excluding hydrogens is 630 g/mol. The fourth-order valence-corrected chi connectivity index (χ4v) is 8.27. The molecule has 46 heavy (non-hydrogen) atoms. The zero-order valence-electron chi connectivity index (χ0n) is 25.4. The van der Waals surface area contributed by atoms with Gasteiger partial charge in [0.2, 0.25) is 10.0 Å². The van der Waals surface area contributed by atoms with Crippen LogP contribution in [0.25, 0.3) is 0 Å². The number of anilines is 1. The summed E-state index contributed by atoms with van der Waals surface area (Å²) >= 11 is 6.12. The van der Waals surface area contributed by atoms with Crippen molar-refractivity contribution >= 4 is 33.6 Å². The van der Waals surface area contributed by atoms with E-state index in [1.165, 1.54) is 22.5 Å². The van der Waals surface area contributed by atoms with Crippen LogP contribution in [0, 0.1) is 11.6 Å². The highest BCUT2D eigenvalue weighted by Gasteiger charge is 2.39. The number of benzene rings is 4. The molecular formula is C35H37ClF2N4O3S. The smallest absolute Gasteiger partial charge is 0.243 e. The standard InChI is InChI=1S/C35H37ClF2N4O3S/c1-24-20-40-21-29(42(24)46(44,45)30-9-3-2-4-10-30)17-18-31-32(38)11-6-12-33(31)41-22-35(39,23-43)34(25-13-15-27(36)16-14-25)26-7-5-8-28(37)19-26/h2-16,19,23-24,29,34,40-41H,17-18,20-22,39H2,1H3/t24-,29-,34-,35+/m0/s1. The summed E-state index contributed by atoms with van der Waals surface area (Å²) in [6.45, 7) is 2.67. The van der Waals surface area contributed by atoms with Crippen LogP contribution in [0.2, 0.25) is 5.02 Å². The number of aldehydes is 1. The number of hydrogen-bond donors (Lipinski definition) is 3. The third-order valence-corrected chi connectivity index (χ3v) is 10.8. The largest absolute Gasteiger partial charge is 0.382 e. The summed E-state index contributed by atoms with van der Waals surface area (Å²) < 4.78 is 58.6. The zero-order valence-corrected chi connectivity index (χ0v) is 26.9. The van der Waals surface area contributed by atoms with Gasteiger partial charge in [-0.15, -0.1) is 0 Å². The summed E-state index contributed by atoms with van der Waals surface area (Å²) in [6.07, 6.45) is 1.19. The third-order valence-electron chi connectivity index (χ3n) is 8.51. The predicted molar refractivity (Wildman–Crippen MR) is 177 cm³/mol. The summed E-state index contributed by atoms with van der Waals surface area (Å²) in [4.78, 5) is 12.9. The van der Waals surface area contributed by atoms with E-state index in [0.29, 0.717) is 53.2 Å². The molecule has 1 saturated heterocycles. The maximum absolute atomic E-state index is 15.4. The molecule has 0 amide bonds. The fraction of sp³-hybridized carbons (Fsp3) is 0.286. The molecule has 242 valence electrons. The summed E-state index contributed by atoms with van der Waals surface area (Å²) in [5, 5.41) is 6.99. The first-order valence-corrected chi connectivity index (χ1v) is 16.9. The lowest BCUT2D eigenvalue weighted by molar-refractivity contribution is -0.112. The number of piperazine rings is 1. The molecule has 5 rings (SSSR count). The molecule has 4 aromatic carbocycles. The SMILES string of the molecule is C[C@H]1CNC[C@H](CCc2c(F)cccc2NC[C@@](N)(C=O)[C@@H](c2ccc(Cl)cc2)c2cccc(F)c2)N1S(=O)(=O)c1ccccc1. The van der Waals surface area contributed by atoms with Crippen molar-refractivity contribution in [1.82, 2.24) is 9.62 Å². The molecule has 1 aliphatic heterocycles. The van der Waals surface area contributed by atoms with Gasteiger partial charge in [-0.05, 0) is 79.4 Å². The first kappa shape index (κ1) is 33.7. The molecule has 0 bridgehead atoms. The molecule has 1 fully saturated rings. The minimum atomic E-state index is -3.79. The number of hydrogen-bond acceptors (Lipinski definition) is 6. The Bertz CT molecular complexity index is 1760. The topological polar surface area (TPSA) is 105 Å². The molecule has 1 heterocycles. The van der Waals surface area contributed by atoms with E-state index in [4.69, 9.17) is 17.3 Å². The van der Waals surface area contributed by atoms with Gasteiger partial charge >= 0.3 is 0 Å². The van der Waals surface area contributed by atoms with Gasteiger partial charge in [0.15, 0.2) is 0 Å². The Hall–Kier alpha value is -3.67. The van der Waals surface area contributed by atoms with E-state index >= 15 is 4.39 Å². The van der Waals surface area contributed by atoms with Gasteiger partial charge < -0.3 is 21.2 Å². The minimum absolute atomic E-state index is 0.104. The van der Waals surface area contributed by atoms with Gasteiger partial charge in [-0.25, -0.2) is 17.2 Å². The maximum Gasteiger partial charge on any atom is 0.243 e. The van der Waals surface area contributed by atoms with Crippen LogP contribution in [0.15, 0.2) is 102 Å². The van der Waals surface area contributed by atoms with Crippen molar-refractivity contribution < 1.29 is 22.0 Å². The third kappa shape index (κ3) is 7.32. The average molecular weight is 667 g/mol. The molecule has 0 aromatic heterocycles. The van der Waals surface area contributed by atoms with Gasteiger partial charge in [-0.1, -0.05) is 60.1 Å². The Labute approximate surface area is 273 Å². The second-order valence-corrected chi connectivity index (χ2v) is 14.0. The van der Waals surface area contributed by atoms with Crippen molar-refractivity contribution in [3.63, 3.8) is 0 Å². The lowest BCUT2D eigenvalue weighted by Crippen LogP contribution is -2.58. The molecule has 0 spiro atoms. The van der Waals surface area contributed by atoms with Crippen LogP contribution in [0.3, 0.4) is 0 Å². The molecule has 11 heteroatoms. The lowest BCUT2D eigenvalue weighted by atomic mass is 9.76. The fourth-order valence-electron chi connectivity index (χ4n) is 6.28. The highest BCUT2D eigenvalue weighted by atomic mass is 35.5. The van der Waals surface area contributed by atoms with E-state index in [0.717, 1.165) is 0 Å². The molecule has 1 aliphatic rings. The minimum Gasteiger partial charge on any atom is -0.382 e. The van der Waals surface area contributed by atoms with Gasteiger partial charge in [-0.3, -0.25) is 0 Å². The number of carbonyl (C=O) groups is 1. The van der Waals surface area contributed by atoms with E-state index < -0.39 is 39.2 Å². The second-order valence-electron chi connectivity index (χ2n) is 11.7. The summed E-state index contributed by atoms with van der Waals surface area (Å²) in [5.41, 5.74) is 7.15. The molecule has 0 radical (unpaired) electrons. The Kier molecular flexibility index (Phi) is 10.5. The van der Waals surface area contributed by atoms with E-state index in [1.807, 2.05) is 6.92 Å². The van der Waals surface area contributed by atoms with Crippen molar-refractivity contribution in [2.24, 2.45) is 5.73 Å². The summed E-state index contributed by atoms with van der Waals surface area (Å²) in [6, 6.07) is 24.9. The molecule has 4 atom stereocenters. The van der Waals surface area contributed by atoms with Crippen molar-refractivity contribution in [1.29, 1.82) is 0 Å². The second kappa shape index (κ2) is 14.4. The van der Waals surface area contributed by atoms with E-state index in [2.05, 4.69) is 10.6 Å². The number of nitrogens with zero attached hydrogens (tertiary/aromatic N) is 1. The quantitative estimate of drug-likeness (QED) is 0.167. The first-order valence-electron chi connectivity index (χ1n) is 15.1. The molecule has 4 N–H and O–H groups in total. The van der Waals surface area contributed by atoms with Crippen molar-refractivity contribution in [3.05, 3.63) is 130 Å². The maximum atomic E-state index is 15.4. The predicted octanol–water partition coefficient (Wildman–Crippen LogP) is 5.74. The van der Waals surface area contributed by atoms with E-state index in [9.17, 15) is 17.6 Å². The van der Waals surface area contributed by atoms with Gasteiger partial charge in [0, 0.05) is 53.9 Å². The Morgan fingerprint density at radius 3 is 2.41 bits per heavy atom. The normalized spacial score (nSPS) is 19.2. The molecule has 4 aromatic rings. The number of halogens is 3. The summed E-state index contributed by atoms with van der Waals surface area (Å²) in [5.74, 6) is -1.69. The van der Waals surface area contributed by atoms with Crippen LogP contribution in [-0.4, -0.2) is 56.3 Å². The first-order chi connectivity index (χ1) is 22.0. The van der Waals surface area contributed by atoms with Crippen LogP contribution in [0.4, 0.5) is 14.5 Å². The Balaban J connectivity index is 1.40. The van der Waals surface area contributed by atoms with Crippen molar-refractivity contribution in [2.75, 3.05) is 25.0 Å². The lowest BCUT2D eigenvalue weighted by Gasteiger charge is -2.40. The van der Waals surface area contributed by atoms with Gasteiger partial charge in [0.1, 0.15) is 23.5 Å². The van der Waals surface area contributed by atoms with Gasteiger partial charge in [-0.2, -0.15) is 4.31 Å². The Morgan fingerprint density at radius 2 is 1.72 bits per heavy atom. The molecule has 0 unspecified atom stereocenters. The molecule has 7 nitrogen and oxygen atoms in total. The zero-order chi connectivity index (χ0) is 32.9. The highest BCUT2D eigenvalue weighted by Crippen LogP contribution is 2.35. The monoisotopic (exact) mass is 666 g/mol. The van der Waals surface area contributed by atoms with Crippen molar-refractivity contribution in [3.8, 4) is 0 Å². The van der Waals surface area contributed by atoms with Gasteiger partial charge in [0.05, 0.1) is 4.90 Å². The number of rotatable bonds is 12. The van der Waals surface area contributed by atoms with E-state index in [-0.39, 0.29) is 23.9 Å². The van der Waals surface area contributed by atoms with Crippen LogP contribution in [-0.2, 0) is 21.2 Å². The number of sulfonamides is 1. The number of nitrogens with two attached hydrogens (primary N) is 1. The van der Waals surface area contributed by atoms with E-state index in [1.54, 1.807) is 78.9 Å². The Morgan fingerprint density at radius 1 is 1.00 bits per heavy atom. The van der Waals surface area contributed by atoms with Crippen LogP contribution in [0.1, 0.15) is 36.0 Å². The van der Waals surface area contributed by atoms with Crippen LogP contribution < -0.4 is 16.4 Å². The molecule has 0 saturated carbocycles. The van der Waals surface area contributed by atoms with Crippen molar-refractivity contribution in [2.45, 2.75) is 48.2 Å². The highest BCUT2D eigenvalue weighted by molar-refractivity contribution is 7.89. The van der Waals surface area contributed by atoms with Crippen LogP contribution in [0.5, 0.6) is 0 Å².